The summed E-state index contributed by atoms with van der Waals surface area (Å²) < 4.78 is 11.0. The van der Waals surface area contributed by atoms with Crippen molar-refractivity contribution in [3.63, 3.8) is 0 Å². The van der Waals surface area contributed by atoms with Gasteiger partial charge < -0.3 is 19.9 Å². The molecule has 1 fully saturated rings. The summed E-state index contributed by atoms with van der Waals surface area (Å²) in [6.45, 7) is 0.906. The van der Waals surface area contributed by atoms with E-state index in [-0.39, 0.29) is 12.5 Å². The Hall–Kier alpha value is -1.12. The summed E-state index contributed by atoms with van der Waals surface area (Å²) in [5.41, 5.74) is -0.938. The first-order valence-corrected chi connectivity index (χ1v) is 8.02. The Morgan fingerprint density at radius 3 is 2.71 bits per heavy atom. The minimum Gasteiger partial charge on any atom is -0.495 e. The number of rotatable bonds is 5. The number of carboxylic acids is 1. The summed E-state index contributed by atoms with van der Waals surface area (Å²) in [6, 6.07) is 1.63. The van der Waals surface area contributed by atoms with Crippen molar-refractivity contribution in [2.45, 2.75) is 12.8 Å². The number of hydrogen-bond donors (Lipinski definition) is 2. The molecule has 21 heavy (non-hydrogen) atoms. The first-order chi connectivity index (χ1) is 9.98. The lowest BCUT2D eigenvalue weighted by molar-refractivity contribution is -0.154. The zero-order chi connectivity index (χ0) is 15.5. The topological polar surface area (TPSA) is 84.9 Å². The quantitative estimate of drug-likeness (QED) is 0.820. The average Bonchev–Trinajstić information content (AvgIpc) is 2.86. The number of hydrogen-bond acceptors (Lipinski definition) is 5. The van der Waals surface area contributed by atoms with E-state index in [1.54, 1.807) is 6.07 Å². The van der Waals surface area contributed by atoms with Gasteiger partial charge in [0.15, 0.2) is 0 Å². The number of nitrogens with one attached hydrogen (secondary N) is 1. The van der Waals surface area contributed by atoms with E-state index in [0.29, 0.717) is 36.7 Å². The molecule has 1 aromatic rings. The summed E-state index contributed by atoms with van der Waals surface area (Å²) in [6.07, 6.45) is 0.806. The molecule has 1 amide bonds. The fourth-order valence-electron chi connectivity index (χ4n) is 2.17. The number of carbonyl (C=O) groups excluding carboxylic acids is 1. The van der Waals surface area contributed by atoms with E-state index in [0.717, 1.165) is 3.79 Å². The van der Waals surface area contributed by atoms with Crippen molar-refractivity contribution in [2.75, 3.05) is 26.9 Å². The molecule has 2 heterocycles. The van der Waals surface area contributed by atoms with Crippen molar-refractivity contribution < 1.29 is 24.2 Å². The number of methoxy groups -OCH3 is 1. The number of halogens is 1. The lowest BCUT2D eigenvalue weighted by Gasteiger charge is -2.33. The molecule has 6 nitrogen and oxygen atoms in total. The van der Waals surface area contributed by atoms with Crippen molar-refractivity contribution >= 4 is 39.1 Å². The van der Waals surface area contributed by atoms with E-state index in [4.69, 9.17) is 9.47 Å². The van der Waals surface area contributed by atoms with E-state index >= 15 is 0 Å². The van der Waals surface area contributed by atoms with Crippen molar-refractivity contribution in [1.29, 1.82) is 0 Å². The van der Waals surface area contributed by atoms with Crippen LogP contribution in [0.4, 0.5) is 0 Å². The van der Waals surface area contributed by atoms with Gasteiger partial charge in [-0.15, -0.1) is 11.3 Å². The van der Waals surface area contributed by atoms with Gasteiger partial charge in [0.1, 0.15) is 9.54 Å². The monoisotopic (exact) mass is 377 g/mol. The first kappa shape index (κ1) is 16.3. The lowest BCUT2D eigenvalue weighted by Crippen LogP contribution is -2.46. The van der Waals surface area contributed by atoms with Crippen molar-refractivity contribution in [3.8, 4) is 5.75 Å². The Labute approximate surface area is 134 Å². The highest BCUT2D eigenvalue weighted by atomic mass is 79.9. The molecule has 0 aliphatic carbocycles. The number of carboxylic acid groups (broad SMARTS) is 1. The molecule has 0 bridgehead atoms. The molecule has 1 aliphatic heterocycles. The Morgan fingerprint density at radius 1 is 1.52 bits per heavy atom. The van der Waals surface area contributed by atoms with Gasteiger partial charge in [-0.05, 0) is 28.8 Å². The molecule has 8 heteroatoms. The highest BCUT2D eigenvalue weighted by Crippen LogP contribution is 2.35. The zero-order valence-electron chi connectivity index (χ0n) is 11.5. The lowest BCUT2D eigenvalue weighted by atomic mass is 9.80. The molecule has 116 valence electrons. The van der Waals surface area contributed by atoms with Crippen LogP contribution in [-0.4, -0.2) is 43.9 Å². The van der Waals surface area contributed by atoms with Crippen molar-refractivity contribution in [2.24, 2.45) is 5.41 Å². The van der Waals surface area contributed by atoms with Gasteiger partial charge in [0, 0.05) is 25.8 Å². The second kappa shape index (κ2) is 6.76. The second-order valence-corrected chi connectivity index (χ2v) is 7.20. The number of carbonyl (C=O) groups is 2. The Morgan fingerprint density at radius 2 is 2.19 bits per heavy atom. The molecular weight excluding hydrogens is 362 g/mol. The normalized spacial score (nSPS) is 17.2. The molecule has 1 aromatic heterocycles. The first-order valence-electron chi connectivity index (χ1n) is 6.41. The Balaban J connectivity index is 2.03. The van der Waals surface area contributed by atoms with E-state index < -0.39 is 11.4 Å². The summed E-state index contributed by atoms with van der Waals surface area (Å²) >= 11 is 4.56. The molecule has 0 aromatic carbocycles. The summed E-state index contributed by atoms with van der Waals surface area (Å²) in [7, 11) is 1.52. The van der Waals surface area contributed by atoms with E-state index in [1.807, 2.05) is 0 Å². The molecule has 0 unspecified atom stereocenters. The predicted molar refractivity (Wildman–Crippen MR) is 81.0 cm³/mol. The highest BCUT2D eigenvalue weighted by molar-refractivity contribution is 9.11. The fraction of sp³-hybridized carbons (Fsp3) is 0.538. The van der Waals surface area contributed by atoms with Gasteiger partial charge in [0.2, 0.25) is 0 Å². The minimum absolute atomic E-state index is 0.0996. The van der Waals surface area contributed by atoms with E-state index in [1.165, 1.54) is 18.4 Å². The minimum atomic E-state index is -0.938. The van der Waals surface area contributed by atoms with Crippen molar-refractivity contribution in [3.05, 3.63) is 14.7 Å². The molecule has 2 N–H and O–H groups in total. The third-order valence-corrected chi connectivity index (χ3v) is 5.37. The third-order valence-electron chi connectivity index (χ3n) is 3.59. The van der Waals surface area contributed by atoms with Gasteiger partial charge in [0.25, 0.3) is 5.91 Å². The van der Waals surface area contributed by atoms with Crippen LogP contribution in [0.1, 0.15) is 22.5 Å². The SMILES string of the molecule is COc1cc(C(=O)NCC2(C(=O)O)CCOCC2)sc1Br. The van der Waals surface area contributed by atoms with Gasteiger partial charge in [-0.2, -0.15) is 0 Å². The van der Waals surface area contributed by atoms with Gasteiger partial charge in [-0.3, -0.25) is 9.59 Å². The van der Waals surface area contributed by atoms with Gasteiger partial charge in [0.05, 0.1) is 17.4 Å². The Kier molecular flexibility index (Phi) is 5.23. The van der Waals surface area contributed by atoms with Crippen LogP contribution >= 0.6 is 27.3 Å². The smallest absolute Gasteiger partial charge is 0.311 e. The van der Waals surface area contributed by atoms with Crippen LogP contribution in [0.15, 0.2) is 9.85 Å². The standard InChI is InChI=1S/C13H16BrNO5S/c1-19-8-6-9(21-10(8)14)11(16)15-7-13(12(17)18)2-4-20-5-3-13/h6H,2-5,7H2,1H3,(H,15,16)(H,17,18). The van der Waals surface area contributed by atoms with Gasteiger partial charge in [-0.25, -0.2) is 0 Å². The summed E-state index contributed by atoms with van der Waals surface area (Å²) in [5.74, 6) is -0.601. The van der Waals surface area contributed by atoms with Crippen LogP contribution in [0.25, 0.3) is 0 Å². The maximum atomic E-state index is 12.1. The number of ether oxygens (including phenoxy) is 2. The summed E-state index contributed by atoms with van der Waals surface area (Å²) in [4.78, 5) is 24.1. The maximum absolute atomic E-state index is 12.1. The molecule has 0 atom stereocenters. The average molecular weight is 378 g/mol. The predicted octanol–water partition coefficient (Wildman–Crippen LogP) is 2.13. The highest BCUT2D eigenvalue weighted by Gasteiger charge is 2.40. The summed E-state index contributed by atoms with van der Waals surface area (Å²) in [5, 5.41) is 12.1. The Bertz CT molecular complexity index is 539. The fourth-order valence-corrected chi connectivity index (χ4v) is 3.73. The molecular formula is C13H16BrNO5S. The number of amides is 1. The number of thiophene rings is 1. The van der Waals surface area contributed by atoms with E-state index in [9.17, 15) is 14.7 Å². The molecule has 1 aliphatic rings. The van der Waals surface area contributed by atoms with Crippen LogP contribution in [0.5, 0.6) is 5.75 Å². The van der Waals surface area contributed by atoms with Crippen LogP contribution < -0.4 is 10.1 Å². The number of aliphatic carboxylic acids is 1. The molecule has 0 radical (unpaired) electrons. The van der Waals surface area contributed by atoms with Crippen LogP contribution in [0.2, 0.25) is 0 Å². The molecule has 1 saturated heterocycles. The zero-order valence-corrected chi connectivity index (χ0v) is 13.9. The van der Waals surface area contributed by atoms with Crippen LogP contribution in [0, 0.1) is 5.41 Å². The molecule has 0 spiro atoms. The maximum Gasteiger partial charge on any atom is 0.311 e. The second-order valence-electron chi connectivity index (χ2n) is 4.83. The van der Waals surface area contributed by atoms with Gasteiger partial charge in [-0.1, -0.05) is 0 Å². The van der Waals surface area contributed by atoms with Gasteiger partial charge >= 0.3 is 5.97 Å². The molecule has 2 rings (SSSR count). The third kappa shape index (κ3) is 3.56. The van der Waals surface area contributed by atoms with Crippen LogP contribution in [0.3, 0.4) is 0 Å². The van der Waals surface area contributed by atoms with Crippen LogP contribution in [-0.2, 0) is 9.53 Å². The van der Waals surface area contributed by atoms with E-state index in [2.05, 4.69) is 21.2 Å². The largest absolute Gasteiger partial charge is 0.495 e. The van der Waals surface area contributed by atoms with Crippen molar-refractivity contribution in [1.82, 2.24) is 5.32 Å². The molecule has 0 saturated carbocycles.